The zero-order chi connectivity index (χ0) is 19.4. The summed E-state index contributed by atoms with van der Waals surface area (Å²) in [6.45, 7) is 0.983. The fourth-order valence-electron chi connectivity index (χ4n) is 2.24. The third-order valence-electron chi connectivity index (χ3n) is 3.67. The van der Waals surface area contributed by atoms with E-state index in [9.17, 15) is 16.8 Å². The second-order valence-corrected chi connectivity index (χ2v) is 9.52. The average molecular weight is 399 g/mol. The fraction of sp³-hybridized carbons (Fsp3) is 0.312. The van der Waals surface area contributed by atoms with Crippen LogP contribution < -0.4 is 5.14 Å². The van der Waals surface area contributed by atoms with E-state index < -0.39 is 20.0 Å². The molecule has 0 spiro atoms. The highest BCUT2D eigenvalue weighted by Crippen LogP contribution is 2.20. The van der Waals surface area contributed by atoms with Crippen molar-refractivity contribution in [3.63, 3.8) is 0 Å². The van der Waals surface area contributed by atoms with Gasteiger partial charge in [-0.15, -0.1) is 0 Å². The van der Waals surface area contributed by atoms with Gasteiger partial charge in [-0.05, 0) is 50.0 Å². The predicted octanol–water partition coefficient (Wildman–Crippen LogP) is 0.482. The summed E-state index contributed by atoms with van der Waals surface area (Å²) in [6, 6.07) is 8.43. The molecule has 2 N–H and O–H groups in total. The Morgan fingerprint density at radius 3 is 2.08 bits per heavy atom. The van der Waals surface area contributed by atoms with Crippen molar-refractivity contribution in [1.82, 2.24) is 14.2 Å². The molecule has 0 aliphatic carbocycles. The Morgan fingerprint density at radius 2 is 1.58 bits per heavy atom. The lowest BCUT2D eigenvalue weighted by Gasteiger charge is -2.24. The van der Waals surface area contributed by atoms with Crippen molar-refractivity contribution in [3.8, 4) is 0 Å². The van der Waals surface area contributed by atoms with Gasteiger partial charge >= 0.3 is 0 Å². The van der Waals surface area contributed by atoms with Crippen molar-refractivity contribution in [2.45, 2.75) is 16.3 Å². The smallest absolute Gasteiger partial charge is 0.243 e. The second-order valence-electron chi connectivity index (χ2n) is 6.02. The highest BCUT2D eigenvalue weighted by atomic mass is 32.2. The molecule has 1 aromatic carbocycles. The summed E-state index contributed by atoms with van der Waals surface area (Å²) in [4.78, 5) is 5.77. The van der Waals surface area contributed by atoms with E-state index in [1.54, 1.807) is 24.5 Å². The van der Waals surface area contributed by atoms with Crippen molar-refractivity contribution in [2.75, 3.05) is 27.2 Å². The number of hydrogen-bond acceptors (Lipinski definition) is 6. The molecule has 2 rings (SSSR count). The van der Waals surface area contributed by atoms with Crippen LogP contribution in [0.4, 0.5) is 0 Å². The molecule has 2 aromatic rings. The van der Waals surface area contributed by atoms with Crippen LogP contribution in [0.3, 0.4) is 0 Å². The Hall–Kier alpha value is -1.85. The van der Waals surface area contributed by atoms with Gasteiger partial charge in [0.2, 0.25) is 20.0 Å². The number of rotatable bonds is 8. The van der Waals surface area contributed by atoms with Crippen LogP contribution in [-0.4, -0.2) is 58.2 Å². The predicted molar refractivity (Wildman–Crippen MR) is 98.2 cm³/mol. The number of pyridine rings is 1. The molecule has 1 aromatic heterocycles. The molecule has 0 aliphatic heterocycles. The van der Waals surface area contributed by atoms with Crippen LogP contribution in [0.1, 0.15) is 5.56 Å². The van der Waals surface area contributed by atoms with Crippen molar-refractivity contribution >= 4 is 20.0 Å². The molecular weight excluding hydrogens is 376 g/mol. The number of nitrogens with two attached hydrogens (primary N) is 1. The Bertz CT molecular complexity index is 928. The van der Waals surface area contributed by atoms with E-state index in [-0.39, 0.29) is 22.9 Å². The SMILES string of the molecule is CN(C)CCN(Cc1cccnc1)S(=O)(=O)c1ccc(S(N)(=O)=O)cc1. The quantitative estimate of drug-likeness (QED) is 0.692. The lowest BCUT2D eigenvalue weighted by Crippen LogP contribution is -2.36. The van der Waals surface area contributed by atoms with Gasteiger partial charge in [0.1, 0.15) is 0 Å². The van der Waals surface area contributed by atoms with Crippen LogP contribution in [0.15, 0.2) is 58.6 Å². The first-order chi connectivity index (χ1) is 12.1. The molecule has 142 valence electrons. The number of aromatic nitrogens is 1. The van der Waals surface area contributed by atoms with E-state index in [0.717, 1.165) is 5.56 Å². The Balaban J connectivity index is 2.34. The molecule has 0 saturated carbocycles. The molecule has 0 atom stereocenters. The first kappa shape index (κ1) is 20.5. The molecule has 26 heavy (non-hydrogen) atoms. The van der Waals surface area contributed by atoms with E-state index in [1.807, 2.05) is 19.0 Å². The van der Waals surface area contributed by atoms with Crippen molar-refractivity contribution in [3.05, 3.63) is 54.4 Å². The van der Waals surface area contributed by atoms with Gasteiger partial charge in [0, 0.05) is 32.0 Å². The first-order valence-electron chi connectivity index (χ1n) is 7.77. The highest BCUT2D eigenvalue weighted by molar-refractivity contribution is 7.89. The van der Waals surface area contributed by atoms with Crippen LogP contribution in [0, 0.1) is 0 Å². The van der Waals surface area contributed by atoms with Crippen molar-refractivity contribution in [1.29, 1.82) is 0 Å². The zero-order valence-corrected chi connectivity index (χ0v) is 16.2. The molecule has 0 saturated heterocycles. The summed E-state index contributed by atoms with van der Waals surface area (Å²) >= 11 is 0. The minimum Gasteiger partial charge on any atom is -0.308 e. The van der Waals surface area contributed by atoms with E-state index in [2.05, 4.69) is 4.98 Å². The molecule has 0 radical (unpaired) electrons. The average Bonchev–Trinajstić information content (AvgIpc) is 2.58. The summed E-state index contributed by atoms with van der Waals surface area (Å²) in [6.07, 6.45) is 3.23. The van der Waals surface area contributed by atoms with Crippen LogP contribution in [0.5, 0.6) is 0 Å². The first-order valence-corrected chi connectivity index (χ1v) is 10.8. The number of benzene rings is 1. The lowest BCUT2D eigenvalue weighted by atomic mass is 10.3. The molecule has 0 amide bonds. The van der Waals surface area contributed by atoms with Crippen LogP contribution in [0.25, 0.3) is 0 Å². The van der Waals surface area contributed by atoms with Gasteiger partial charge in [0.05, 0.1) is 9.79 Å². The summed E-state index contributed by atoms with van der Waals surface area (Å²) in [7, 11) is -3.98. The monoisotopic (exact) mass is 398 g/mol. The minimum atomic E-state index is -3.88. The zero-order valence-electron chi connectivity index (χ0n) is 14.6. The van der Waals surface area contributed by atoms with Gasteiger partial charge in [-0.2, -0.15) is 4.31 Å². The van der Waals surface area contributed by atoms with E-state index in [1.165, 1.54) is 28.6 Å². The van der Waals surface area contributed by atoms with Crippen molar-refractivity contribution < 1.29 is 16.8 Å². The highest BCUT2D eigenvalue weighted by Gasteiger charge is 2.25. The molecule has 0 fully saturated rings. The number of nitrogens with zero attached hydrogens (tertiary/aromatic N) is 3. The Kier molecular flexibility index (Phi) is 6.48. The third-order valence-corrected chi connectivity index (χ3v) is 6.46. The van der Waals surface area contributed by atoms with E-state index in [4.69, 9.17) is 5.14 Å². The maximum absolute atomic E-state index is 13.0. The summed E-state index contributed by atoms with van der Waals surface area (Å²) in [5.41, 5.74) is 0.760. The van der Waals surface area contributed by atoms with E-state index in [0.29, 0.717) is 6.54 Å². The lowest BCUT2D eigenvalue weighted by molar-refractivity contribution is 0.329. The number of sulfonamides is 2. The number of primary sulfonamides is 1. The molecule has 10 heteroatoms. The van der Waals surface area contributed by atoms with Crippen LogP contribution in [-0.2, 0) is 26.6 Å². The van der Waals surface area contributed by atoms with Gasteiger partial charge < -0.3 is 4.90 Å². The van der Waals surface area contributed by atoms with Gasteiger partial charge in [-0.3, -0.25) is 4.98 Å². The second kappa shape index (κ2) is 8.23. The normalized spacial score (nSPS) is 12.7. The minimum absolute atomic E-state index is 0.00699. The third kappa shape index (κ3) is 5.32. The number of likely N-dealkylation sites (N-methyl/N-ethyl adjacent to an activating group) is 1. The van der Waals surface area contributed by atoms with Crippen LogP contribution >= 0.6 is 0 Å². The summed E-state index contributed by atoms with van der Waals surface area (Å²) < 4.78 is 50.1. The standard InChI is InChI=1S/C16H22N4O4S2/c1-19(2)10-11-20(13-14-4-3-9-18-12-14)26(23,24)16-7-5-15(6-8-16)25(17,21)22/h3-9,12H,10-11,13H2,1-2H3,(H2,17,21,22). The van der Waals surface area contributed by atoms with Gasteiger partial charge in [-0.1, -0.05) is 6.07 Å². The van der Waals surface area contributed by atoms with E-state index >= 15 is 0 Å². The largest absolute Gasteiger partial charge is 0.308 e. The van der Waals surface area contributed by atoms with Crippen LogP contribution in [0.2, 0.25) is 0 Å². The van der Waals surface area contributed by atoms with Gasteiger partial charge in [-0.25, -0.2) is 22.0 Å². The molecule has 0 unspecified atom stereocenters. The summed E-state index contributed by atoms with van der Waals surface area (Å²) in [5.74, 6) is 0. The maximum Gasteiger partial charge on any atom is 0.243 e. The van der Waals surface area contributed by atoms with Gasteiger partial charge in [0.15, 0.2) is 0 Å². The number of hydrogen-bond donors (Lipinski definition) is 1. The topological polar surface area (TPSA) is 114 Å². The summed E-state index contributed by atoms with van der Waals surface area (Å²) in [5, 5.41) is 5.06. The molecular formula is C16H22N4O4S2. The Labute approximate surface area is 154 Å². The molecule has 0 aliphatic rings. The fourth-order valence-corrected chi connectivity index (χ4v) is 4.18. The van der Waals surface area contributed by atoms with Crippen molar-refractivity contribution in [2.24, 2.45) is 5.14 Å². The Morgan fingerprint density at radius 1 is 0.962 bits per heavy atom. The van der Waals surface area contributed by atoms with Gasteiger partial charge in [0.25, 0.3) is 0 Å². The molecule has 0 bridgehead atoms. The molecule has 8 nitrogen and oxygen atoms in total. The molecule has 1 heterocycles. The maximum atomic E-state index is 13.0.